The first-order chi connectivity index (χ1) is 14.4. The number of hydrogen-bond donors (Lipinski definition) is 1. The molecule has 0 bridgehead atoms. The van der Waals surface area contributed by atoms with Crippen molar-refractivity contribution in [1.29, 1.82) is 0 Å². The normalized spacial score (nSPS) is 11.9. The SMILES string of the molecule is CNC(=O)/C(=N/OC)c1cccc(Cl)c1CO/N=C(\COC)c1ccc(F)cc1F. The Morgan fingerprint density at radius 1 is 1.13 bits per heavy atom. The topological polar surface area (TPSA) is 81.5 Å². The summed E-state index contributed by atoms with van der Waals surface area (Å²) in [5, 5.41) is 10.4. The maximum atomic E-state index is 14.1. The molecule has 0 atom stereocenters. The van der Waals surface area contributed by atoms with Gasteiger partial charge in [0.15, 0.2) is 5.71 Å². The maximum absolute atomic E-state index is 14.1. The van der Waals surface area contributed by atoms with Gasteiger partial charge < -0.3 is 19.7 Å². The zero-order valence-electron chi connectivity index (χ0n) is 16.5. The number of hydrogen-bond acceptors (Lipinski definition) is 6. The molecule has 30 heavy (non-hydrogen) atoms. The number of likely N-dealkylation sites (N-methyl/N-ethyl adjacent to an activating group) is 1. The van der Waals surface area contributed by atoms with Crippen molar-refractivity contribution in [3.63, 3.8) is 0 Å². The van der Waals surface area contributed by atoms with E-state index >= 15 is 0 Å². The molecule has 0 aliphatic carbocycles. The molecule has 1 N–H and O–H groups in total. The van der Waals surface area contributed by atoms with Crippen LogP contribution >= 0.6 is 11.6 Å². The molecule has 2 rings (SSSR count). The van der Waals surface area contributed by atoms with Crippen LogP contribution in [0.2, 0.25) is 5.02 Å². The fourth-order valence-electron chi connectivity index (χ4n) is 2.54. The summed E-state index contributed by atoms with van der Waals surface area (Å²) in [5.74, 6) is -2.01. The standard InChI is InChI=1S/C20H20ClF2N3O4/c1-24-20(27)19(26-29-3)13-5-4-6-16(21)15(13)10-30-25-18(11-28-2)14-8-7-12(22)9-17(14)23/h4-9H,10-11H2,1-3H3,(H,24,27)/b25-18+,26-19+. The van der Waals surface area contributed by atoms with Crippen LogP contribution in [-0.4, -0.2) is 45.2 Å². The van der Waals surface area contributed by atoms with Crippen molar-refractivity contribution in [1.82, 2.24) is 5.32 Å². The highest BCUT2D eigenvalue weighted by molar-refractivity contribution is 6.46. The molecule has 2 aromatic rings. The first-order valence-corrected chi connectivity index (χ1v) is 9.04. The molecule has 0 saturated carbocycles. The second-order valence-corrected chi connectivity index (χ2v) is 6.24. The van der Waals surface area contributed by atoms with E-state index in [0.717, 1.165) is 12.1 Å². The number of carbonyl (C=O) groups is 1. The van der Waals surface area contributed by atoms with Gasteiger partial charge in [0.2, 0.25) is 0 Å². The Kier molecular flexibility index (Phi) is 8.70. The Morgan fingerprint density at radius 2 is 1.90 bits per heavy atom. The average molecular weight is 440 g/mol. The first-order valence-electron chi connectivity index (χ1n) is 8.67. The minimum atomic E-state index is -0.804. The Balaban J connectivity index is 2.35. The monoisotopic (exact) mass is 439 g/mol. The summed E-state index contributed by atoms with van der Waals surface area (Å²) >= 11 is 6.28. The van der Waals surface area contributed by atoms with Crippen molar-refractivity contribution in [2.75, 3.05) is 27.9 Å². The quantitative estimate of drug-likeness (QED) is 0.480. The smallest absolute Gasteiger partial charge is 0.273 e. The zero-order valence-corrected chi connectivity index (χ0v) is 17.3. The third kappa shape index (κ3) is 5.74. The van der Waals surface area contributed by atoms with E-state index in [4.69, 9.17) is 26.0 Å². The lowest BCUT2D eigenvalue weighted by Crippen LogP contribution is -2.29. The summed E-state index contributed by atoms with van der Waals surface area (Å²) in [6.07, 6.45) is 0. The van der Waals surface area contributed by atoms with Gasteiger partial charge in [0, 0.05) is 41.9 Å². The lowest BCUT2D eigenvalue weighted by atomic mass is 10.0. The maximum Gasteiger partial charge on any atom is 0.273 e. The molecule has 7 nitrogen and oxygen atoms in total. The van der Waals surface area contributed by atoms with Gasteiger partial charge in [0.1, 0.15) is 31.1 Å². The van der Waals surface area contributed by atoms with Crippen LogP contribution < -0.4 is 5.32 Å². The predicted octanol–water partition coefficient (Wildman–Crippen LogP) is 3.28. The number of amides is 1. The number of oxime groups is 2. The fourth-order valence-corrected chi connectivity index (χ4v) is 2.77. The Bertz CT molecular complexity index is 967. The van der Waals surface area contributed by atoms with Gasteiger partial charge in [0.25, 0.3) is 5.91 Å². The number of halogens is 3. The van der Waals surface area contributed by atoms with Crippen molar-refractivity contribution in [2.24, 2.45) is 10.3 Å². The Hall–Kier alpha value is -3.04. The molecule has 0 saturated heterocycles. The van der Waals surface area contributed by atoms with E-state index in [0.29, 0.717) is 16.1 Å². The number of nitrogens with zero attached hydrogens (tertiary/aromatic N) is 2. The lowest BCUT2D eigenvalue weighted by molar-refractivity contribution is -0.114. The molecule has 160 valence electrons. The number of rotatable bonds is 9. The summed E-state index contributed by atoms with van der Waals surface area (Å²) in [4.78, 5) is 22.3. The summed E-state index contributed by atoms with van der Waals surface area (Å²) in [7, 11) is 4.16. The van der Waals surface area contributed by atoms with Crippen LogP contribution in [0, 0.1) is 11.6 Å². The van der Waals surface area contributed by atoms with Crippen LogP contribution in [0.3, 0.4) is 0 Å². The highest BCUT2D eigenvalue weighted by atomic mass is 35.5. The number of carbonyl (C=O) groups excluding carboxylic acids is 1. The zero-order chi connectivity index (χ0) is 22.1. The summed E-state index contributed by atoms with van der Waals surface area (Å²) < 4.78 is 32.3. The molecular weight excluding hydrogens is 420 g/mol. The summed E-state index contributed by atoms with van der Waals surface area (Å²) in [5.41, 5.74) is 0.927. The van der Waals surface area contributed by atoms with E-state index in [9.17, 15) is 13.6 Å². The molecule has 10 heteroatoms. The largest absolute Gasteiger partial charge is 0.398 e. The van der Waals surface area contributed by atoms with Gasteiger partial charge in [-0.1, -0.05) is 34.0 Å². The van der Waals surface area contributed by atoms with Crippen LogP contribution in [-0.2, 0) is 25.8 Å². The molecule has 0 unspecified atom stereocenters. The van der Waals surface area contributed by atoms with Gasteiger partial charge in [-0.2, -0.15) is 0 Å². The van der Waals surface area contributed by atoms with Crippen LogP contribution in [0.25, 0.3) is 0 Å². The molecule has 0 spiro atoms. The third-order valence-electron chi connectivity index (χ3n) is 3.91. The van der Waals surface area contributed by atoms with E-state index in [1.807, 2.05) is 0 Å². The van der Waals surface area contributed by atoms with Gasteiger partial charge in [-0.15, -0.1) is 0 Å². The Morgan fingerprint density at radius 3 is 2.53 bits per heavy atom. The molecule has 0 heterocycles. The van der Waals surface area contributed by atoms with E-state index < -0.39 is 17.5 Å². The molecule has 2 aromatic carbocycles. The van der Waals surface area contributed by atoms with Crippen molar-refractivity contribution in [3.8, 4) is 0 Å². The molecule has 0 radical (unpaired) electrons. The number of methoxy groups -OCH3 is 1. The highest BCUT2D eigenvalue weighted by Crippen LogP contribution is 2.23. The van der Waals surface area contributed by atoms with E-state index in [1.165, 1.54) is 27.3 Å². The fraction of sp³-hybridized carbons (Fsp3) is 0.250. The third-order valence-corrected chi connectivity index (χ3v) is 4.26. The number of nitrogens with one attached hydrogen (secondary N) is 1. The minimum absolute atomic E-state index is 0.00762. The van der Waals surface area contributed by atoms with Gasteiger partial charge in [0.05, 0.1) is 6.61 Å². The first kappa shape index (κ1) is 23.2. The molecule has 0 aliphatic heterocycles. The van der Waals surface area contributed by atoms with Crippen molar-refractivity contribution < 1.29 is 28.0 Å². The van der Waals surface area contributed by atoms with E-state index in [-0.39, 0.29) is 30.2 Å². The van der Waals surface area contributed by atoms with Gasteiger partial charge in [-0.25, -0.2) is 8.78 Å². The second-order valence-electron chi connectivity index (χ2n) is 5.84. The molecular formula is C20H20ClF2N3O4. The predicted molar refractivity (Wildman–Crippen MR) is 109 cm³/mol. The molecule has 1 amide bonds. The van der Waals surface area contributed by atoms with Crippen LogP contribution in [0.5, 0.6) is 0 Å². The summed E-state index contributed by atoms with van der Waals surface area (Å²) in [6.45, 7) is -0.239. The van der Waals surface area contributed by atoms with Crippen molar-refractivity contribution in [3.05, 3.63) is 69.7 Å². The van der Waals surface area contributed by atoms with Gasteiger partial charge in [-0.3, -0.25) is 4.79 Å². The van der Waals surface area contributed by atoms with Gasteiger partial charge in [-0.05, 0) is 18.2 Å². The van der Waals surface area contributed by atoms with E-state index in [2.05, 4.69) is 15.6 Å². The van der Waals surface area contributed by atoms with Crippen LogP contribution in [0.1, 0.15) is 16.7 Å². The van der Waals surface area contributed by atoms with Crippen LogP contribution in [0.4, 0.5) is 8.78 Å². The molecule has 0 aliphatic rings. The van der Waals surface area contributed by atoms with Crippen LogP contribution in [0.15, 0.2) is 46.7 Å². The second kappa shape index (κ2) is 11.2. The number of benzene rings is 2. The summed E-state index contributed by atoms with van der Waals surface area (Å²) in [6, 6.07) is 7.95. The minimum Gasteiger partial charge on any atom is -0.398 e. The Labute approximate surface area is 177 Å². The average Bonchev–Trinajstić information content (AvgIpc) is 2.72. The molecule has 0 aromatic heterocycles. The number of ether oxygens (including phenoxy) is 1. The molecule has 0 fully saturated rings. The van der Waals surface area contributed by atoms with Crippen molar-refractivity contribution in [2.45, 2.75) is 6.61 Å². The lowest BCUT2D eigenvalue weighted by Gasteiger charge is -2.12. The van der Waals surface area contributed by atoms with Crippen molar-refractivity contribution >= 4 is 28.9 Å². The highest BCUT2D eigenvalue weighted by Gasteiger charge is 2.20. The van der Waals surface area contributed by atoms with Gasteiger partial charge >= 0.3 is 0 Å². The van der Waals surface area contributed by atoms with E-state index in [1.54, 1.807) is 18.2 Å².